The molecule has 25 heavy (non-hydrogen) atoms. The fourth-order valence-corrected chi connectivity index (χ4v) is 4.73. The smallest absolute Gasteiger partial charge is 0.455 e. The van der Waals surface area contributed by atoms with Crippen LogP contribution in [0.15, 0.2) is 18.2 Å². The van der Waals surface area contributed by atoms with Gasteiger partial charge in [0, 0.05) is 26.8 Å². The molecule has 0 aliphatic carbocycles. The van der Waals surface area contributed by atoms with Crippen LogP contribution in [-0.4, -0.2) is 26.7 Å². The van der Waals surface area contributed by atoms with Crippen LogP contribution in [0.4, 0.5) is 8.78 Å². The second-order valence-electron chi connectivity index (χ2n) is 5.45. The van der Waals surface area contributed by atoms with E-state index in [1.807, 2.05) is 0 Å². The quantitative estimate of drug-likeness (QED) is 0.514. The lowest BCUT2D eigenvalue weighted by Gasteiger charge is -2.26. The van der Waals surface area contributed by atoms with Crippen molar-refractivity contribution in [2.24, 2.45) is 0 Å². The summed E-state index contributed by atoms with van der Waals surface area (Å²) in [6.45, 7) is 3.35. The van der Waals surface area contributed by atoms with Crippen LogP contribution >= 0.6 is 0 Å². The predicted octanol–water partition coefficient (Wildman–Crippen LogP) is 2.92. The third kappa shape index (κ3) is 7.88. The summed E-state index contributed by atoms with van der Waals surface area (Å²) in [5, 5.41) is 0. The highest BCUT2D eigenvalue weighted by Gasteiger charge is 2.51. The van der Waals surface area contributed by atoms with Gasteiger partial charge < -0.3 is 13.3 Å². The molecule has 0 bridgehead atoms. The number of benzene rings is 1. The van der Waals surface area contributed by atoms with Gasteiger partial charge in [-0.15, -0.1) is 0 Å². The van der Waals surface area contributed by atoms with Crippen molar-refractivity contribution in [3.05, 3.63) is 35.4 Å². The molecule has 6 nitrogen and oxygen atoms in total. The third-order valence-corrected chi connectivity index (χ3v) is 5.78. The number of unbranched alkanes of at least 4 members (excludes halogenated alkanes) is 1. The Kier molecular flexibility index (Phi) is 7.68. The van der Waals surface area contributed by atoms with Gasteiger partial charge in [0.2, 0.25) is 0 Å². The molecule has 0 atom stereocenters. The number of halogens is 2. The molecule has 0 aliphatic rings. The number of hydrogen-bond donors (Lipinski definition) is 0. The second-order valence-corrected chi connectivity index (χ2v) is 7.93. The van der Waals surface area contributed by atoms with Crippen molar-refractivity contribution in [2.45, 2.75) is 46.1 Å². The zero-order valence-corrected chi connectivity index (χ0v) is 15.3. The average Bonchev–Trinajstić information content (AvgIpc) is 2.40. The summed E-state index contributed by atoms with van der Waals surface area (Å²) in [5.41, 5.74) is 0.470. The highest BCUT2D eigenvalue weighted by molar-refractivity contribution is 6.65. The Labute approximate surface area is 145 Å². The van der Waals surface area contributed by atoms with Crippen LogP contribution < -0.4 is 0 Å². The Balaban J connectivity index is 2.74. The van der Waals surface area contributed by atoms with E-state index in [-0.39, 0.29) is 6.04 Å². The van der Waals surface area contributed by atoms with Gasteiger partial charge >= 0.3 is 8.80 Å². The molecular formula is C16H20F2O6Si. The van der Waals surface area contributed by atoms with Crippen molar-refractivity contribution < 1.29 is 36.4 Å². The molecule has 9 heteroatoms. The number of carbonyl (C=O) groups excluding carboxylic acids is 3. The normalized spacial score (nSPS) is 10.9. The lowest BCUT2D eigenvalue weighted by Crippen LogP contribution is -2.49. The molecule has 0 heterocycles. The molecule has 0 unspecified atom stereocenters. The van der Waals surface area contributed by atoms with Crippen molar-refractivity contribution in [2.75, 3.05) is 0 Å². The Bertz CT molecular complexity index is 588. The van der Waals surface area contributed by atoms with Crippen LogP contribution in [0.2, 0.25) is 6.04 Å². The van der Waals surface area contributed by atoms with Gasteiger partial charge in [-0.1, -0.05) is 0 Å². The lowest BCUT2D eigenvalue weighted by molar-refractivity contribution is -0.147. The monoisotopic (exact) mass is 374 g/mol. The summed E-state index contributed by atoms with van der Waals surface area (Å²) in [6.07, 6.45) is 1.18. The van der Waals surface area contributed by atoms with E-state index in [4.69, 9.17) is 13.3 Å². The molecule has 1 rings (SSSR count). The molecular weight excluding hydrogens is 354 g/mol. The third-order valence-electron chi connectivity index (χ3n) is 3.02. The molecule has 1 aromatic rings. The van der Waals surface area contributed by atoms with Crippen molar-refractivity contribution in [3.63, 3.8) is 0 Å². The van der Waals surface area contributed by atoms with Gasteiger partial charge in [0.1, 0.15) is 11.6 Å². The maximum atomic E-state index is 13.2. The number of rotatable bonds is 8. The van der Waals surface area contributed by atoms with E-state index < -0.39 is 38.3 Å². The van der Waals surface area contributed by atoms with E-state index in [0.717, 1.165) is 26.8 Å². The fourth-order valence-electron chi connectivity index (χ4n) is 2.30. The first-order valence-corrected chi connectivity index (χ1v) is 9.59. The van der Waals surface area contributed by atoms with Gasteiger partial charge in [-0.3, -0.25) is 14.4 Å². The van der Waals surface area contributed by atoms with E-state index >= 15 is 0 Å². The molecule has 0 aromatic heterocycles. The average molecular weight is 374 g/mol. The molecule has 0 saturated heterocycles. The fraction of sp³-hybridized carbons (Fsp3) is 0.438. The van der Waals surface area contributed by atoms with Crippen LogP contribution in [-0.2, 0) is 34.1 Å². The van der Waals surface area contributed by atoms with Crippen LogP contribution in [0.3, 0.4) is 0 Å². The summed E-state index contributed by atoms with van der Waals surface area (Å²) < 4.78 is 41.4. The number of hydrogen-bond acceptors (Lipinski definition) is 6. The molecule has 0 amide bonds. The van der Waals surface area contributed by atoms with Crippen LogP contribution in [0.5, 0.6) is 0 Å². The topological polar surface area (TPSA) is 78.9 Å². The van der Waals surface area contributed by atoms with Crippen molar-refractivity contribution >= 4 is 26.7 Å². The Hall–Kier alpha value is -2.29. The maximum Gasteiger partial charge on any atom is 0.705 e. The van der Waals surface area contributed by atoms with Gasteiger partial charge in [0.05, 0.1) is 6.04 Å². The zero-order valence-electron chi connectivity index (χ0n) is 14.3. The van der Waals surface area contributed by atoms with E-state index in [1.54, 1.807) is 0 Å². The van der Waals surface area contributed by atoms with Crippen molar-refractivity contribution in [1.29, 1.82) is 0 Å². The minimum Gasteiger partial charge on any atom is -0.455 e. The maximum absolute atomic E-state index is 13.2. The highest BCUT2D eigenvalue weighted by Crippen LogP contribution is 2.21. The minimum atomic E-state index is -3.84. The molecule has 0 spiro atoms. The van der Waals surface area contributed by atoms with Gasteiger partial charge in [-0.05, 0) is 37.0 Å². The van der Waals surface area contributed by atoms with Crippen molar-refractivity contribution in [3.8, 4) is 0 Å². The summed E-state index contributed by atoms with van der Waals surface area (Å²) in [5.74, 6) is -3.54. The van der Waals surface area contributed by atoms with Crippen molar-refractivity contribution in [1.82, 2.24) is 0 Å². The van der Waals surface area contributed by atoms with Crippen LogP contribution in [0.1, 0.15) is 39.2 Å². The number of carbonyl (C=O) groups is 3. The standard InChI is InChI=1S/C16H20F2O6Si/c1-11(19)22-25(23-12(2)20,24-13(3)21)7-5-4-6-14-8-15(17)10-16(18)9-14/h8-10H,4-7H2,1-3H3. The van der Waals surface area contributed by atoms with Crippen LogP contribution in [0.25, 0.3) is 0 Å². The largest absolute Gasteiger partial charge is 0.705 e. The number of aryl methyl sites for hydroxylation is 1. The lowest BCUT2D eigenvalue weighted by atomic mass is 10.1. The molecule has 1 aromatic carbocycles. The van der Waals surface area contributed by atoms with E-state index in [2.05, 4.69) is 0 Å². The van der Waals surface area contributed by atoms with Gasteiger partial charge in [0.25, 0.3) is 17.9 Å². The molecule has 0 N–H and O–H groups in total. The second kappa shape index (κ2) is 9.26. The predicted molar refractivity (Wildman–Crippen MR) is 85.2 cm³/mol. The molecule has 138 valence electrons. The summed E-state index contributed by atoms with van der Waals surface area (Å²) in [4.78, 5) is 33.9. The first-order valence-electron chi connectivity index (χ1n) is 7.65. The first-order chi connectivity index (χ1) is 11.6. The zero-order chi connectivity index (χ0) is 19.0. The summed E-state index contributed by atoms with van der Waals surface area (Å²) in [6, 6.07) is 3.25. The Morgan fingerprint density at radius 1 is 0.840 bits per heavy atom. The van der Waals surface area contributed by atoms with Gasteiger partial charge in [-0.25, -0.2) is 8.78 Å². The highest BCUT2D eigenvalue weighted by atomic mass is 28.4. The Morgan fingerprint density at radius 2 is 1.28 bits per heavy atom. The first kappa shape index (κ1) is 20.8. The van der Waals surface area contributed by atoms with E-state index in [9.17, 15) is 23.2 Å². The van der Waals surface area contributed by atoms with E-state index in [1.165, 1.54) is 12.1 Å². The Morgan fingerprint density at radius 3 is 1.68 bits per heavy atom. The van der Waals surface area contributed by atoms with Gasteiger partial charge in [0.15, 0.2) is 0 Å². The molecule has 0 aliphatic heterocycles. The van der Waals surface area contributed by atoms with Gasteiger partial charge in [-0.2, -0.15) is 0 Å². The molecule has 0 saturated carbocycles. The van der Waals surface area contributed by atoms with Crippen LogP contribution in [0, 0.1) is 11.6 Å². The minimum absolute atomic E-state index is 0.0313. The summed E-state index contributed by atoms with van der Waals surface area (Å²) in [7, 11) is -3.84. The van der Waals surface area contributed by atoms with E-state index in [0.29, 0.717) is 24.8 Å². The SMILES string of the molecule is CC(=O)O[Si](CCCCc1cc(F)cc(F)c1)(OC(C)=O)OC(C)=O. The molecule has 0 radical (unpaired) electrons. The summed E-state index contributed by atoms with van der Waals surface area (Å²) >= 11 is 0. The molecule has 0 fully saturated rings.